The standard InChI is InChI=1S/C7H6N4O2/c1-4-2-3-8-11-5(4)9-10-6(11)7(12)13/h2-3H,1H3,(H,12,13). The lowest BCUT2D eigenvalue weighted by Crippen LogP contribution is -2.05. The van der Waals surface area contributed by atoms with Crippen LogP contribution < -0.4 is 0 Å². The molecule has 6 nitrogen and oxygen atoms in total. The van der Waals surface area contributed by atoms with Gasteiger partial charge in [-0.05, 0) is 18.6 Å². The minimum atomic E-state index is -1.13. The van der Waals surface area contributed by atoms with Crippen molar-refractivity contribution in [3.05, 3.63) is 23.7 Å². The molecule has 13 heavy (non-hydrogen) atoms. The van der Waals surface area contributed by atoms with Crippen LogP contribution in [0.25, 0.3) is 5.65 Å². The number of aryl methyl sites for hydroxylation is 1. The zero-order chi connectivity index (χ0) is 9.42. The van der Waals surface area contributed by atoms with Crippen molar-refractivity contribution >= 4 is 11.6 Å². The lowest BCUT2D eigenvalue weighted by atomic mass is 10.3. The van der Waals surface area contributed by atoms with E-state index in [1.165, 1.54) is 10.7 Å². The first-order chi connectivity index (χ1) is 6.20. The summed E-state index contributed by atoms with van der Waals surface area (Å²) in [6.45, 7) is 1.82. The molecule has 6 heteroatoms. The Morgan fingerprint density at radius 1 is 1.54 bits per heavy atom. The fourth-order valence-electron chi connectivity index (χ4n) is 1.05. The van der Waals surface area contributed by atoms with Crippen molar-refractivity contribution in [3.63, 3.8) is 0 Å². The minimum absolute atomic E-state index is 0.168. The highest BCUT2D eigenvalue weighted by atomic mass is 16.4. The van der Waals surface area contributed by atoms with E-state index in [4.69, 9.17) is 5.11 Å². The molecule has 0 amide bonds. The van der Waals surface area contributed by atoms with E-state index in [2.05, 4.69) is 15.3 Å². The van der Waals surface area contributed by atoms with E-state index >= 15 is 0 Å². The van der Waals surface area contributed by atoms with Gasteiger partial charge in [-0.15, -0.1) is 10.2 Å². The van der Waals surface area contributed by atoms with E-state index in [-0.39, 0.29) is 5.82 Å². The van der Waals surface area contributed by atoms with Crippen molar-refractivity contribution in [1.29, 1.82) is 0 Å². The summed E-state index contributed by atoms with van der Waals surface area (Å²) in [5, 5.41) is 19.7. The molecule has 0 aliphatic carbocycles. The highest BCUT2D eigenvalue weighted by Crippen LogP contribution is 2.05. The third-order valence-corrected chi connectivity index (χ3v) is 1.69. The van der Waals surface area contributed by atoms with Gasteiger partial charge in [-0.3, -0.25) is 0 Å². The van der Waals surface area contributed by atoms with Crippen molar-refractivity contribution in [2.24, 2.45) is 0 Å². The minimum Gasteiger partial charge on any atom is -0.475 e. The summed E-state index contributed by atoms with van der Waals surface area (Å²) in [6, 6.07) is 1.75. The van der Waals surface area contributed by atoms with E-state index < -0.39 is 5.97 Å². The molecule has 0 bridgehead atoms. The molecule has 0 saturated heterocycles. The van der Waals surface area contributed by atoms with Crippen LogP contribution in [0.15, 0.2) is 12.3 Å². The molecule has 0 fully saturated rings. The number of nitrogens with zero attached hydrogens (tertiary/aromatic N) is 4. The largest absolute Gasteiger partial charge is 0.475 e. The van der Waals surface area contributed by atoms with Gasteiger partial charge in [0, 0.05) is 6.20 Å². The van der Waals surface area contributed by atoms with Gasteiger partial charge in [0.1, 0.15) is 0 Å². The number of carbonyl (C=O) groups is 1. The lowest BCUT2D eigenvalue weighted by molar-refractivity contribution is 0.0680. The van der Waals surface area contributed by atoms with E-state index in [0.29, 0.717) is 5.65 Å². The molecule has 0 radical (unpaired) electrons. The molecule has 0 unspecified atom stereocenters. The highest BCUT2D eigenvalue weighted by Gasteiger charge is 2.13. The first kappa shape index (κ1) is 7.66. The molecule has 0 aromatic carbocycles. The molecule has 2 rings (SSSR count). The summed E-state index contributed by atoms with van der Waals surface area (Å²) >= 11 is 0. The Hall–Kier alpha value is -1.98. The summed E-state index contributed by atoms with van der Waals surface area (Å²) < 4.78 is 1.21. The zero-order valence-electron chi connectivity index (χ0n) is 6.80. The Balaban J connectivity index is 2.83. The van der Waals surface area contributed by atoms with Crippen molar-refractivity contribution < 1.29 is 9.90 Å². The summed E-state index contributed by atoms with van der Waals surface area (Å²) in [5.41, 5.74) is 1.31. The van der Waals surface area contributed by atoms with Crippen LogP contribution in [0.4, 0.5) is 0 Å². The van der Waals surface area contributed by atoms with Crippen molar-refractivity contribution in [3.8, 4) is 0 Å². The number of aromatic carboxylic acids is 1. The van der Waals surface area contributed by atoms with Gasteiger partial charge in [-0.2, -0.15) is 9.61 Å². The van der Waals surface area contributed by atoms with Gasteiger partial charge >= 0.3 is 5.97 Å². The first-order valence-corrected chi connectivity index (χ1v) is 3.60. The molecule has 2 heterocycles. The molecule has 0 atom stereocenters. The van der Waals surface area contributed by atoms with Crippen LogP contribution in [0.2, 0.25) is 0 Å². The Kier molecular flexibility index (Phi) is 1.48. The molecule has 2 aromatic rings. The lowest BCUT2D eigenvalue weighted by Gasteiger charge is -1.94. The van der Waals surface area contributed by atoms with Crippen LogP contribution in [-0.4, -0.2) is 30.9 Å². The normalized spacial score (nSPS) is 10.5. The number of carboxylic acid groups (broad SMARTS) is 1. The number of hydrogen-bond acceptors (Lipinski definition) is 4. The molecule has 66 valence electrons. The fraction of sp³-hybridized carbons (Fsp3) is 0.143. The predicted molar refractivity (Wildman–Crippen MR) is 42.5 cm³/mol. The maximum Gasteiger partial charge on any atom is 0.375 e. The second-order valence-corrected chi connectivity index (χ2v) is 2.58. The van der Waals surface area contributed by atoms with Gasteiger partial charge in [-0.25, -0.2) is 4.79 Å². The van der Waals surface area contributed by atoms with Crippen LogP contribution in [0.1, 0.15) is 16.2 Å². The molecule has 0 saturated carbocycles. The van der Waals surface area contributed by atoms with Crippen LogP contribution in [0.5, 0.6) is 0 Å². The third-order valence-electron chi connectivity index (χ3n) is 1.69. The second-order valence-electron chi connectivity index (χ2n) is 2.58. The SMILES string of the molecule is Cc1ccnn2c(C(=O)O)nnc12. The molecular formula is C7H6N4O2. The van der Waals surface area contributed by atoms with Crippen molar-refractivity contribution in [2.45, 2.75) is 6.92 Å². The highest BCUT2D eigenvalue weighted by molar-refractivity contribution is 5.84. The Morgan fingerprint density at radius 2 is 2.31 bits per heavy atom. The molecular weight excluding hydrogens is 172 g/mol. The predicted octanol–water partition coefficient (Wildman–Crippen LogP) is 0.131. The second kappa shape index (κ2) is 2.51. The van der Waals surface area contributed by atoms with Crippen molar-refractivity contribution in [2.75, 3.05) is 0 Å². The topological polar surface area (TPSA) is 80.4 Å². The van der Waals surface area contributed by atoms with Gasteiger partial charge in [0.15, 0.2) is 5.65 Å². The van der Waals surface area contributed by atoms with Crippen molar-refractivity contribution in [1.82, 2.24) is 19.8 Å². The average Bonchev–Trinajstić information content (AvgIpc) is 2.48. The number of aromatic nitrogens is 4. The van der Waals surface area contributed by atoms with Crippen LogP contribution in [0.3, 0.4) is 0 Å². The summed E-state index contributed by atoms with van der Waals surface area (Å²) in [6.07, 6.45) is 1.51. The maximum atomic E-state index is 10.6. The molecule has 0 spiro atoms. The monoisotopic (exact) mass is 178 g/mol. The van der Waals surface area contributed by atoms with E-state index in [1.54, 1.807) is 6.07 Å². The number of hydrogen-bond donors (Lipinski definition) is 1. The van der Waals surface area contributed by atoms with Gasteiger partial charge in [0.25, 0.3) is 5.82 Å². The summed E-state index contributed by atoms with van der Waals surface area (Å²) in [7, 11) is 0. The summed E-state index contributed by atoms with van der Waals surface area (Å²) in [5.74, 6) is -1.30. The van der Waals surface area contributed by atoms with Crippen LogP contribution in [0, 0.1) is 6.92 Å². The summed E-state index contributed by atoms with van der Waals surface area (Å²) in [4.78, 5) is 10.6. The average molecular weight is 178 g/mol. The Labute approximate surface area is 72.8 Å². The zero-order valence-corrected chi connectivity index (χ0v) is 6.80. The van der Waals surface area contributed by atoms with E-state index in [9.17, 15) is 4.79 Å². The Morgan fingerprint density at radius 3 is 3.00 bits per heavy atom. The maximum absolute atomic E-state index is 10.6. The van der Waals surface area contributed by atoms with Gasteiger partial charge < -0.3 is 5.11 Å². The Bertz CT molecular complexity index is 476. The van der Waals surface area contributed by atoms with Gasteiger partial charge in [-0.1, -0.05) is 0 Å². The first-order valence-electron chi connectivity index (χ1n) is 3.60. The van der Waals surface area contributed by atoms with Gasteiger partial charge in [0.2, 0.25) is 0 Å². The molecule has 2 aromatic heterocycles. The third kappa shape index (κ3) is 1.03. The molecule has 0 aliphatic rings. The molecule has 0 aliphatic heterocycles. The van der Waals surface area contributed by atoms with Crippen LogP contribution >= 0.6 is 0 Å². The number of fused-ring (bicyclic) bond motifs is 1. The van der Waals surface area contributed by atoms with Gasteiger partial charge in [0.05, 0.1) is 0 Å². The van der Waals surface area contributed by atoms with E-state index in [0.717, 1.165) is 5.56 Å². The fourth-order valence-corrected chi connectivity index (χ4v) is 1.05. The number of carboxylic acids is 1. The molecule has 1 N–H and O–H groups in total. The van der Waals surface area contributed by atoms with E-state index in [1.807, 2.05) is 6.92 Å². The quantitative estimate of drug-likeness (QED) is 0.671. The smallest absolute Gasteiger partial charge is 0.375 e. The number of rotatable bonds is 1. The van der Waals surface area contributed by atoms with Crippen LogP contribution in [-0.2, 0) is 0 Å².